The smallest absolute Gasteiger partial charge is 0.243 e. The number of carbonyl (C=O) groups is 3. The van der Waals surface area contributed by atoms with Crippen LogP contribution in [0.3, 0.4) is 0 Å². The van der Waals surface area contributed by atoms with Crippen molar-refractivity contribution < 1.29 is 14.4 Å². The summed E-state index contributed by atoms with van der Waals surface area (Å²) >= 11 is 0. The number of benzene rings is 1. The molecule has 0 spiro atoms. The maximum atomic E-state index is 12.9. The summed E-state index contributed by atoms with van der Waals surface area (Å²) in [6.45, 7) is 0.608. The van der Waals surface area contributed by atoms with Crippen LogP contribution in [-0.2, 0) is 20.8 Å². The van der Waals surface area contributed by atoms with E-state index in [4.69, 9.17) is 0 Å². The van der Waals surface area contributed by atoms with Gasteiger partial charge in [0, 0.05) is 12.6 Å². The first-order chi connectivity index (χ1) is 12.6. The van der Waals surface area contributed by atoms with E-state index in [2.05, 4.69) is 12.1 Å². The van der Waals surface area contributed by atoms with E-state index in [1.54, 1.807) is 0 Å². The molecule has 1 aliphatic carbocycles. The maximum Gasteiger partial charge on any atom is 0.243 e. The lowest BCUT2D eigenvalue weighted by atomic mass is 9.85. The van der Waals surface area contributed by atoms with Crippen molar-refractivity contribution in [3.63, 3.8) is 0 Å². The van der Waals surface area contributed by atoms with Crippen molar-refractivity contribution in [3.05, 3.63) is 48.0 Å². The highest BCUT2D eigenvalue weighted by Crippen LogP contribution is 2.35. The minimum absolute atomic E-state index is 0.100. The Labute approximate surface area is 153 Å². The second-order valence-electron chi connectivity index (χ2n) is 7.49. The van der Waals surface area contributed by atoms with Gasteiger partial charge in [-0.15, -0.1) is 0 Å². The Morgan fingerprint density at radius 1 is 1.00 bits per heavy atom. The van der Waals surface area contributed by atoms with E-state index < -0.39 is 0 Å². The van der Waals surface area contributed by atoms with Crippen molar-refractivity contribution in [1.82, 2.24) is 9.80 Å². The third kappa shape index (κ3) is 3.06. The zero-order valence-corrected chi connectivity index (χ0v) is 14.8. The van der Waals surface area contributed by atoms with Gasteiger partial charge in [0.05, 0.1) is 11.8 Å². The van der Waals surface area contributed by atoms with Gasteiger partial charge in [0.15, 0.2) is 0 Å². The van der Waals surface area contributed by atoms with Crippen LogP contribution >= 0.6 is 0 Å². The number of carbonyl (C=O) groups excluding carboxylic acids is 3. The van der Waals surface area contributed by atoms with Crippen molar-refractivity contribution in [2.45, 2.75) is 38.1 Å². The summed E-state index contributed by atoms with van der Waals surface area (Å²) in [6, 6.07) is 10.3. The molecule has 5 nitrogen and oxygen atoms in total. The minimum Gasteiger partial charge on any atom is -0.338 e. The van der Waals surface area contributed by atoms with E-state index in [1.807, 2.05) is 35.3 Å². The second-order valence-corrected chi connectivity index (χ2v) is 7.49. The molecule has 2 heterocycles. The zero-order valence-electron chi connectivity index (χ0n) is 14.8. The van der Waals surface area contributed by atoms with Gasteiger partial charge in [-0.2, -0.15) is 0 Å². The Morgan fingerprint density at radius 2 is 1.65 bits per heavy atom. The molecular weight excluding hydrogens is 328 g/mol. The number of nitrogens with zero attached hydrogens (tertiary/aromatic N) is 2. The highest BCUT2D eigenvalue weighted by Gasteiger charge is 2.48. The fourth-order valence-corrected chi connectivity index (χ4v) is 4.51. The number of amides is 3. The van der Waals surface area contributed by atoms with Crippen LogP contribution in [0.4, 0.5) is 0 Å². The summed E-state index contributed by atoms with van der Waals surface area (Å²) in [5.74, 6) is -0.970. The summed E-state index contributed by atoms with van der Waals surface area (Å²) in [5, 5.41) is 0. The SMILES string of the molecule is O=C1[C@H]2CC=CC[C@H]2C(=O)N1CC(=O)N1CCC[C@@H]1Cc1ccccc1. The number of rotatable bonds is 4. The van der Waals surface area contributed by atoms with Gasteiger partial charge in [-0.05, 0) is 37.7 Å². The molecule has 0 N–H and O–H groups in total. The van der Waals surface area contributed by atoms with Crippen molar-refractivity contribution in [2.75, 3.05) is 13.1 Å². The Balaban J connectivity index is 1.42. The summed E-state index contributed by atoms with van der Waals surface area (Å²) in [7, 11) is 0. The summed E-state index contributed by atoms with van der Waals surface area (Å²) in [4.78, 5) is 41.1. The zero-order chi connectivity index (χ0) is 18.1. The van der Waals surface area contributed by atoms with Gasteiger partial charge in [0.25, 0.3) is 0 Å². The lowest BCUT2D eigenvalue weighted by Crippen LogP contribution is -2.45. The fraction of sp³-hybridized carbons (Fsp3) is 0.476. The molecule has 1 aromatic rings. The average molecular weight is 352 g/mol. The number of hydrogen-bond donors (Lipinski definition) is 0. The number of allylic oxidation sites excluding steroid dienone is 2. The van der Waals surface area contributed by atoms with Gasteiger partial charge < -0.3 is 4.90 Å². The molecule has 3 atom stereocenters. The summed E-state index contributed by atoms with van der Waals surface area (Å²) < 4.78 is 0. The number of hydrogen-bond acceptors (Lipinski definition) is 3. The Hall–Kier alpha value is -2.43. The van der Waals surface area contributed by atoms with Crippen molar-refractivity contribution in [1.29, 1.82) is 0 Å². The normalized spacial score (nSPS) is 27.9. The van der Waals surface area contributed by atoms with Gasteiger partial charge in [-0.25, -0.2) is 0 Å². The first-order valence-corrected chi connectivity index (χ1v) is 9.49. The van der Waals surface area contributed by atoms with E-state index >= 15 is 0 Å². The molecule has 4 rings (SSSR count). The first-order valence-electron chi connectivity index (χ1n) is 9.49. The molecular formula is C21H24N2O3. The standard InChI is InChI=1S/C21H24N2O3/c24-19(14-23-20(25)17-10-4-5-11-18(17)21(23)26)22-12-6-9-16(22)13-15-7-2-1-3-8-15/h1-5,7-8,16-18H,6,9-14H2/t16-,17-,18+/m1/s1. The Kier molecular flexibility index (Phi) is 4.62. The Morgan fingerprint density at radius 3 is 2.31 bits per heavy atom. The van der Waals surface area contributed by atoms with E-state index in [0.29, 0.717) is 19.4 Å². The molecule has 1 aromatic carbocycles. The maximum absolute atomic E-state index is 12.9. The van der Waals surface area contributed by atoms with Crippen LogP contribution in [0.25, 0.3) is 0 Å². The first kappa shape index (κ1) is 17.0. The number of fused-ring (bicyclic) bond motifs is 1. The molecule has 0 bridgehead atoms. The predicted molar refractivity (Wildman–Crippen MR) is 97.0 cm³/mol. The van der Waals surface area contributed by atoms with Crippen LogP contribution < -0.4 is 0 Å². The van der Waals surface area contributed by atoms with Crippen molar-refractivity contribution in [2.24, 2.45) is 11.8 Å². The van der Waals surface area contributed by atoms with Crippen LogP contribution in [0.1, 0.15) is 31.2 Å². The lowest BCUT2D eigenvalue weighted by molar-refractivity contribution is -0.146. The quantitative estimate of drug-likeness (QED) is 0.616. The van der Waals surface area contributed by atoms with E-state index in [0.717, 1.165) is 19.3 Å². The monoisotopic (exact) mass is 352 g/mol. The second kappa shape index (κ2) is 7.06. The minimum atomic E-state index is -0.265. The number of imide groups is 1. The summed E-state index contributed by atoms with van der Waals surface area (Å²) in [5.41, 5.74) is 1.21. The average Bonchev–Trinajstić information content (AvgIpc) is 3.22. The van der Waals surface area contributed by atoms with Gasteiger partial charge in [0.1, 0.15) is 6.54 Å². The van der Waals surface area contributed by atoms with Crippen LogP contribution in [0.2, 0.25) is 0 Å². The Bertz CT molecular complexity index is 717. The molecule has 136 valence electrons. The molecule has 3 amide bonds. The molecule has 0 radical (unpaired) electrons. The van der Waals surface area contributed by atoms with Gasteiger partial charge in [-0.3, -0.25) is 19.3 Å². The third-order valence-corrected chi connectivity index (χ3v) is 5.90. The molecule has 5 heteroatoms. The topological polar surface area (TPSA) is 57.7 Å². The van der Waals surface area contributed by atoms with E-state index in [9.17, 15) is 14.4 Å². The van der Waals surface area contributed by atoms with E-state index in [1.165, 1.54) is 10.5 Å². The molecule has 0 saturated carbocycles. The molecule has 2 aliphatic heterocycles. The van der Waals surface area contributed by atoms with E-state index in [-0.39, 0.29) is 42.1 Å². The van der Waals surface area contributed by atoms with Gasteiger partial charge in [0.2, 0.25) is 17.7 Å². The third-order valence-electron chi connectivity index (χ3n) is 5.90. The lowest BCUT2D eigenvalue weighted by Gasteiger charge is -2.27. The summed E-state index contributed by atoms with van der Waals surface area (Å²) in [6.07, 6.45) is 7.92. The highest BCUT2D eigenvalue weighted by molar-refractivity contribution is 6.07. The molecule has 0 unspecified atom stereocenters. The van der Waals surface area contributed by atoms with Crippen LogP contribution in [0.5, 0.6) is 0 Å². The largest absolute Gasteiger partial charge is 0.338 e. The number of likely N-dealkylation sites (tertiary alicyclic amines) is 2. The molecule has 2 saturated heterocycles. The predicted octanol–water partition coefficient (Wildman–Crippen LogP) is 2.17. The van der Waals surface area contributed by atoms with Crippen molar-refractivity contribution in [3.8, 4) is 0 Å². The highest BCUT2D eigenvalue weighted by atomic mass is 16.2. The van der Waals surface area contributed by atoms with Gasteiger partial charge >= 0.3 is 0 Å². The van der Waals surface area contributed by atoms with Crippen molar-refractivity contribution >= 4 is 17.7 Å². The van der Waals surface area contributed by atoms with Crippen LogP contribution in [0.15, 0.2) is 42.5 Å². The fourth-order valence-electron chi connectivity index (χ4n) is 4.51. The van der Waals surface area contributed by atoms with Crippen LogP contribution in [0, 0.1) is 11.8 Å². The molecule has 3 aliphatic rings. The molecule has 26 heavy (non-hydrogen) atoms. The molecule has 2 fully saturated rings. The van der Waals surface area contributed by atoms with Crippen LogP contribution in [-0.4, -0.2) is 46.7 Å². The molecule has 0 aromatic heterocycles. The van der Waals surface area contributed by atoms with Gasteiger partial charge in [-0.1, -0.05) is 42.5 Å².